The van der Waals surface area contributed by atoms with Gasteiger partial charge in [0.05, 0.1) is 28.7 Å². The number of rotatable bonds is 5. The van der Waals surface area contributed by atoms with Crippen LogP contribution >= 0.6 is 11.6 Å². The number of nitrogens with one attached hydrogen (secondary N) is 1. The Morgan fingerprint density at radius 2 is 2.18 bits per heavy atom. The van der Waals surface area contributed by atoms with Crippen LogP contribution in [0.3, 0.4) is 0 Å². The van der Waals surface area contributed by atoms with E-state index >= 15 is 0 Å². The molecule has 0 unspecified atom stereocenters. The third kappa shape index (κ3) is 3.26. The Morgan fingerprint density at radius 3 is 2.65 bits per heavy atom. The van der Waals surface area contributed by atoms with Gasteiger partial charge >= 0.3 is 5.69 Å². The van der Waals surface area contributed by atoms with Gasteiger partial charge in [-0.05, 0) is 6.92 Å². The van der Waals surface area contributed by atoms with Gasteiger partial charge in [-0.1, -0.05) is 11.6 Å². The Kier molecular flexibility index (Phi) is 4.22. The molecule has 1 rings (SSSR count). The molecule has 0 saturated carbocycles. The van der Waals surface area contributed by atoms with Gasteiger partial charge in [0.1, 0.15) is 0 Å². The van der Waals surface area contributed by atoms with Crippen LogP contribution in [0.25, 0.3) is 0 Å². The zero-order chi connectivity index (χ0) is 13.1. The van der Waals surface area contributed by atoms with E-state index in [1.807, 2.05) is 0 Å². The number of hydrogen-bond donors (Lipinski definition) is 3. The Labute approximate surface area is 102 Å². The Balaban J connectivity index is 3.10. The van der Waals surface area contributed by atoms with Crippen molar-refractivity contribution in [3.05, 3.63) is 27.4 Å². The van der Waals surface area contributed by atoms with Gasteiger partial charge in [-0.2, -0.15) is 0 Å². The van der Waals surface area contributed by atoms with Crippen LogP contribution in [0.5, 0.6) is 0 Å². The van der Waals surface area contributed by atoms with E-state index in [2.05, 4.69) is 10.3 Å². The smallest absolute Gasteiger partial charge is 0.312 e. The molecule has 0 radical (unpaired) electrons. The summed E-state index contributed by atoms with van der Waals surface area (Å²) in [6.07, 6.45) is 1.24. The summed E-state index contributed by atoms with van der Waals surface area (Å²) < 4.78 is 0. The SMILES string of the molecule is CC(CO)(CO)Nc1ncc(Cl)cc1[N+](=O)[O-]. The summed E-state index contributed by atoms with van der Waals surface area (Å²) in [5.74, 6) is -0.0509. The summed E-state index contributed by atoms with van der Waals surface area (Å²) in [6.45, 7) is 0.711. The van der Waals surface area contributed by atoms with Gasteiger partial charge in [-0.25, -0.2) is 4.98 Å². The van der Waals surface area contributed by atoms with E-state index in [1.54, 1.807) is 0 Å². The van der Waals surface area contributed by atoms with E-state index in [0.717, 1.165) is 6.07 Å². The molecule has 0 atom stereocenters. The summed E-state index contributed by atoms with van der Waals surface area (Å²) in [5.41, 5.74) is -1.41. The average molecular weight is 262 g/mol. The largest absolute Gasteiger partial charge is 0.394 e. The zero-order valence-corrected chi connectivity index (χ0v) is 9.81. The quantitative estimate of drug-likeness (QED) is 0.534. The van der Waals surface area contributed by atoms with Gasteiger partial charge < -0.3 is 15.5 Å². The van der Waals surface area contributed by atoms with Crippen molar-refractivity contribution < 1.29 is 15.1 Å². The second kappa shape index (κ2) is 5.26. The molecule has 0 saturated heterocycles. The minimum atomic E-state index is -1.09. The Bertz CT molecular complexity index is 423. The van der Waals surface area contributed by atoms with E-state index < -0.39 is 23.7 Å². The first-order valence-electron chi connectivity index (χ1n) is 4.72. The van der Waals surface area contributed by atoms with Crippen molar-refractivity contribution in [3.63, 3.8) is 0 Å². The van der Waals surface area contributed by atoms with Gasteiger partial charge in [0.25, 0.3) is 0 Å². The fourth-order valence-electron chi connectivity index (χ4n) is 1.08. The number of halogens is 1. The molecule has 0 aliphatic rings. The van der Waals surface area contributed by atoms with Crippen LogP contribution in [0, 0.1) is 10.1 Å². The third-order valence-corrected chi connectivity index (χ3v) is 2.36. The highest BCUT2D eigenvalue weighted by atomic mass is 35.5. The number of aromatic nitrogens is 1. The van der Waals surface area contributed by atoms with Crippen LogP contribution in [0.1, 0.15) is 6.92 Å². The Hall–Kier alpha value is -1.44. The maximum absolute atomic E-state index is 10.8. The minimum absolute atomic E-state index is 0.0509. The molecule has 8 heteroatoms. The van der Waals surface area contributed by atoms with Crippen LogP contribution in [0.2, 0.25) is 5.02 Å². The van der Waals surface area contributed by atoms with Crippen LogP contribution in [-0.2, 0) is 0 Å². The van der Waals surface area contributed by atoms with Crippen LogP contribution in [0.15, 0.2) is 12.3 Å². The highest BCUT2D eigenvalue weighted by molar-refractivity contribution is 6.30. The van der Waals surface area contributed by atoms with Crippen molar-refractivity contribution in [1.29, 1.82) is 0 Å². The van der Waals surface area contributed by atoms with Gasteiger partial charge in [-0.15, -0.1) is 0 Å². The molecular formula is C9H12ClN3O4. The molecule has 1 aromatic heterocycles. The average Bonchev–Trinajstić information content (AvgIpc) is 2.31. The van der Waals surface area contributed by atoms with Crippen molar-refractivity contribution in [3.8, 4) is 0 Å². The highest BCUT2D eigenvalue weighted by Gasteiger charge is 2.27. The molecule has 1 heterocycles. The molecular weight excluding hydrogens is 250 g/mol. The van der Waals surface area contributed by atoms with Crippen molar-refractivity contribution in [1.82, 2.24) is 4.98 Å². The van der Waals surface area contributed by atoms with Crippen molar-refractivity contribution in [2.24, 2.45) is 0 Å². The number of nitro groups is 1. The number of aliphatic hydroxyl groups excluding tert-OH is 2. The topological polar surface area (TPSA) is 109 Å². The summed E-state index contributed by atoms with van der Waals surface area (Å²) in [6, 6.07) is 1.14. The van der Waals surface area contributed by atoms with E-state index in [0.29, 0.717) is 0 Å². The van der Waals surface area contributed by atoms with Gasteiger partial charge in [0.2, 0.25) is 5.82 Å². The summed E-state index contributed by atoms with van der Waals surface area (Å²) in [7, 11) is 0. The molecule has 0 amide bonds. The number of hydrogen-bond acceptors (Lipinski definition) is 6. The number of nitrogens with zero attached hydrogens (tertiary/aromatic N) is 2. The van der Waals surface area contributed by atoms with Gasteiger partial charge in [-0.3, -0.25) is 10.1 Å². The van der Waals surface area contributed by atoms with Gasteiger partial charge in [0.15, 0.2) is 0 Å². The number of pyridine rings is 1. The van der Waals surface area contributed by atoms with Crippen molar-refractivity contribution >= 4 is 23.1 Å². The van der Waals surface area contributed by atoms with E-state index in [-0.39, 0.29) is 16.5 Å². The normalized spacial score (nSPS) is 11.3. The van der Waals surface area contributed by atoms with E-state index in [9.17, 15) is 10.1 Å². The second-order valence-corrected chi connectivity index (χ2v) is 4.22. The maximum Gasteiger partial charge on any atom is 0.312 e. The van der Waals surface area contributed by atoms with Crippen molar-refractivity contribution in [2.45, 2.75) is 12.5 Å². The lowest BCUT2D eigenvalue weighted by Gasteiger charge is -2.26. The standard InChI is InChI=1S/C9H12ClN3O4/c1-9(4-14,5-15)12-8-7(13(16)17)2-6(10)3-11-8/h2-3,14-15H,4-5H2,1H3,(H,11,12). The van der Waals surface area contributed by atoms with E-state index in [1.165, 1.54) is 13.1 Å². The predicted molar refractivity (Wildman–Crippen MR) is 62.1 cm³/mol. The minimum Gasteiger partial charge on any atom is -0.394 e. The molecule has 0 aliphatic carbocycles. The second-order valence-electron chi connectivity index (χ2n) is 3.78. The van der Waals surface area contributed by atoms with Crippen LogP contribution < -0.4 is 5.32 Å². The highest BCUT2D eigenvalue weighted by Crippen LogP contribution is 2.27. The molecule has 0 fully saturated rings. The van der Waals surface area contributed by atoms with Gasteiger partial charge in [0, 0.05) is 12.3 Å². The third-order valence-electron chi connectivity index (χ3n) is 2.15. The van der Waals surface area contributed by atoms with Crippen LogP contribution in [-0.4, -0.2) is 38.9 Å². The number of aliphatic hydroxyl groups is 2. The molecule has 17 heavy (non-hydrogen) atoms. The zero-order valence-electron chi connectivity index (χ0n) is 9.05. The molecule has 0 bridgehead atoms. The first-order valence-corrected chi connectivity index (χ1v) is 5.09. The molecule has 0 aromatic carbocycles. The fraction of sp³-hybridized carbons (Fsp3) is 0.444. The molecule has 0 spiro atoms. The summed E-state index contributed by atoms with van der Waals surface area (Å²) in [4.78, 5) is 13.9. The lowest BCUT2D eigenvalue weighted by molar-refractivity contribution is -0.384. The molecule has 3 N–H and O–H groups in total. The monoisotopic (exact) mass is 261 g/mol. The molecule has 1 aromatic rings. The molecule has 0 aliphatic heterocycles. The van der Waals surface area contributed by atoms with E-state index in [4.69, 9.17) is 21.8 Å². The van der Waals surface area contributed by atoms with Crippen molar-refractivity contribution in [2.75, 3.05) is 18.5 Å². The number of anilines is 1. The molecule has 94 valence electrons. The fourth-order valence-corrected chi connectivity index (χ4v) is 1.23. The maximum atomic E-state index is 10.8. The first kappa shape index (κ1) is 13.6. The lowest BCUT2D eigenvalue weighted by atomic mass is 10.1. The molecule has 7 nitrogen and oxygen atoms in total. The summed E-state index contributed by atoms with van der Waals surface area (Å²) >= 11 is 5.61. The first-order chi connectivity index (χ1) is 7.91. The summed E-state index contributed by atoms with van der Waals surface area (Å²) in [5, 5.41) is 31.7. The lowest BCUT2D eigenvalue weighted by Crippen LogP contribution is -2.42. The Morgan fingerprint density at radius 1 is 1.59 bits per heavy atom. The predicted octanol–water partition coefficient (Wildman–Crippen LogP) is 0.798. The van der Waals surface area contributed by atoms with Crippen LogP contribution in [0.4, 0.5) is 11.5 Å².